The maximum absolute atomic E-state index is 11.2. The summed E-state index contributed by atoms with van der Waals surface area (Å²) in [4.78, 5) is 31.7. The number of nitrogens with one attached hydrogen (secondary N) is 2. The second-order valence-electron chi connectivity index (χ2n) is 6.01. The van der Waals surface area contributed by atoms with Crippen LogP contribution in [0.1, 0.15) is 33.6 Å². The zero-order valence-electron chi connectivity index (χ0n) is 12.8. The molecule has 0 aliphatic carbocycles. The quantitative estimate of drug-likeness (QED) is 0.440. The van der Waals surface area contributed by atoms with Crippen molar-refractivity contribution in [3.05, 3.63) is 0 Å². The van der Waals surface area contributed by atoms with Crippen molar-refractivity contribution in [2.24, 2.45) is 16.9 Å². The highest BCUT2D eigenvalue weighted by Crippen LogP contribution is 2.16. The molecule has 1 fully saturated rings. The fraction of sp³-hybridized carbons (Fsp3) is 0.769. The number of carboxylic acid groups (broad SMARTS) is 1. The summed E-state index contributed by atoms with van der Waals surface area (Å²) in [5.41, 5.74) is 9.82. The zero-order valence-corrected chi connectivity index (χ0v) is 12.8. The molecule has 0 aromatic heterocycles. The Morgan fingerprint density at radius 2 is 1.95 bits per heavy atom. The maximum Gasteiger partial charge on any atom is 0.321 e. The van der Waals surface area contributed by atoms with Crippen LogP contribution in [0, 0.1) is 5.41 Å². The Balaban J connectivity index is 0.000000400. The largest absolute Gasteiger partial charge is 0.480 e. The summed E-state index contributed by atoms with van der Waals surface area (Å²) in [5, 5.41) is 13.9. The van der Waals surface area contributed by atoms with Crippen molar-refractivity contribution in [3.63, 3.8) is 0 Å². The molecule has 0 spiro atoms. The van der Waals surface area contributed by atoms with Gasteiger partial charge >= 0.3 is 5.97 Å². The van der Waals surface area contributed by atoms with E-state index in [9.17, 15) is 14.4 Å². The average Bonchev–Trinajstić information content (AvgIpc) is 2.88. The van der Waals surface area contributed by atoms with Crippen LogP contribution >= 0.6 is 0 Å². The molecule has 2 amide bonds. The van der Waals surface area contributed by atoms with E-state index in [0.29, 0.717) is 0 Å². The Labute approximate surface area is 124 Å². The molecule has 1 aliphatic heterocycles. The molecule has 8 heteroatoms. The van der Waals surface area contributed by atoms with E-state index in [1.807, 2.05) is 0 Å². The van der Waals surface area contributed by atoms with Gasteiger partial charge in [0.05, 0.1) is 12.6 Å². The van der Waals surface area contributed by atoms with Gasteiger partial charge < -0.3 is 27.2 Å². The molecule has 2 atom stereocenters. The number of carbonyl (C=O) groups is 3. The number of aliphatic carboxylic acids is 1. The molecule has 1 aliphatic rings. The monoisotopic (exact) mass is 302 g/mol. The van der Waals surface area contributed by atoms with E-state index in [4.69, 9.17) is 16.6 Å². The van der Waals surface area contributed by atoms with Gasteiger partial charge in [-0.25, -0.2) is 0 Å². The highest BCUT2D eigenvalue weighted by Gasteiger charge is 2.26. The highest BCUT2D eigenvalue weighted by atomic mass is 16.4. The summed E-state index contributed by atoms with van der Waals surface area (Å²) in [6, 6.07) is -0.901. The van der Waals surface area contributed by atoms with E-state index in [2.05, 4.69) is 10.6 Å². The predicted octanol–water partition coefficient (Wildman–Crippen LogP) is -1.22. The summed E-state index contributed by atoms with van der Waals surface area (Å²) in [7, 11) is 0. The first kappa shape index (κ1) is 19.3. The van der Waals surface area contributed by atoms with Gasteiger partial charge in [0.15, 0.2) is 0 Å². The highest BCUT2D eigenvalue weighted by molar-refractivity contribution is 5.86. The van der Waals surface area contributed by atoms with Gasteiger partial charge in [0.2, 0.25) is 11.8 Å². The third kappa shape index (κ3) is 8.26. The molecular weight excluding hydrogens is 276 g/mol. The van der Waals surface area contributed by atoms with Gasteiger partial charge in [-0.2, -0.15) is 0 Å². The van der Waals surface area contributed by atoms with Crippen molar-refractivity contribution in [1.82, 2.24) is 10.6 Å². The first-order valence-electron chi connectivity index (χ1n) is 6.83. The number of carbonyl (C=O) groups excluding carboxylic acids is 2. The molecule has 7 N–H and O–H groups in total. The molecular formula is C13H26N4O4. The van der Waals surface area contributed by atoms with Crippen LogP contribution in [-0.2, 0) is 14.4 Å². The third-order valence-electron chi connectivity index (χ3n) is 3.01. The molecule has 0 radical (unpaired) electrons. The number of amides is 2. The predicted molar refractivity (Wildman–Crippen MR) is 78.3 cm³/mol. The van der Waals surface area contributed by atoms with E-state index in [1.54, 1.807) is 20.8 Å². The summed E-state index contributed by atoms with van der Waals surface area (Å²) in [6.45, 7) is 6.19. The Morgan fingerprint density at radius 1 is 1.38 bits per heavy atom. The molecule has 0 saturated carbocycles. The second kappa shape index (κ2) is 8.58. The minimum atomic E-state index is -0.942. The molecule has 0 aromatic rings. The summed E-state index contributed by atoms with van der Waals surface area (Å²) < 4.78 is 0. The van der Waals surface area contributed by atoms with Crippen LogP contribution in [0.3, 0.4) is 0 Å². The van der Waals surface area contributed by atoms with Gasteiger partial charge in [0.25, 0.3) is 0 Å². The Morgan fingerprint density at radius 3 is 2.24 bits per heavy atom. The molecule has 1 heterocycles. The molecule has 0 bridgehead atoms. The van der Waals surface area contributed by atoms with Crippen LogP contribution in [0.4, 0.5) is 0 Å². The van der Waals surface area contributed by atoms with Crippen LogP contribution in [0.2, 0.25) is 0 Å². The van der Waals surface area contributed by atoms with Crippen molar-refractivity contribution in [2.75, 3.05) is 13.1 Å². The van der Waals surface area contributed by atoms with Gasteiger partial charge in [0.1, 0.15) is 6.04 Å². The first-order valence-corrected chi connectivity index (χ1v) is 6.83. The maximum atomic E-state index is 11.2. The number of nitrogens with two attached hydrogens (primary N) is 2. The Bertz CT molecular complexity index is 373. The Hall–Kier alpha value is -1.67. The molecule has 8 nitrogen and oxygen atoms in total. The summed E-state index contributed by atoms with van der Waals surface area (Å²) in [5.74, 6) is -1.59. The average molecular weight is 302 g/mol. The van der Waals surface area contributed by atoms with E-state index < -0.39 is 17.9 Å². The van der Waals surface area contributed by atoms with Crippen molar-refractivity contribution < 1.29 is 19.5 Å². The van der Waals surface area contributed by atoms with E-state index in [1.165, 1.54) is 0 Å². The fourth-order valence-electron chi connectivity index (χ4n) is 1.58. The number of hydrogen-bond acceptors (Lipinski definition) is 5. The normalized spacial score (nSPS) is 19.1. The smallest absolute Gasteiger partial charge is 0.321 e. The molecule has 0 aromatic carbocycles. The van der Waals surface area contributed by atoms with E-state index in [-0.39, 0.29) is 23.9 Å². The lowest BCUT2D eigenvalue weighted by Gasteiger charge is -2.22. The minimum Gasteiger partial charge on any atom is -0.480 e. The standard InChI is InChI=1S/C7H13N3O2.C6H13NO2/c8-6(11)4-10-7(12)5-2-1-3-9-5;1-6(2,3)4(7)5(8)9/h5,9H,1-4H2,(H2,8,11)(H,10,12);4H,7H2,1-3H3,(H,8,9)/t5-;4-/m01/s1. The lowest BCUT2D eigenvalue weighted by atomic mass is 9.88. The fourth-order valence-corrected chi connectivity index (χ4v) is 1.58. The number of carboxylic acids is 1. The van der Waals surface area contributed by atoms with E-state index in [0.717, 1.165) is 19.4 Å². The third-order valence-corrected chi connectivity index (χ3v) is 3.01. The van der Waals surface area contributed by atoms with E-state index >= 15 is 0 Å². The number of hydrogen-bond donors (Lipinski definition) is 5. The van der Waals surface area contributed by atoms with Gasteiger partial charge in [0, 0.05) is 0 Å². The lowest BCUT2D eigenvalue weighted by molar-refractivity contribution is -0.141. The van der Waals surface area contributed by atoms with Crippen LogP contribution in [0.15, 0.2) is 0 Å². The molecule has 21 heavy (non-hydrogen) atoms. The van der Waals surface area contributed by atoms with Crippen LogP contribution in [0.25, 0.3) is 0 Å². The molecule has 1 saturated heterocycles. The van der Waals surface area contributed by atoms with Crippen LogP contribution in [0.5, 0.6) is 0 Å². The van der Waals surface area contributed by atoms with Crippen molar-refractivity contribution in [1.29, 1.82) is 0 Å². The number of rotatable bonds is 4. The molecule has 0 unspecified atom stereocenters. The lowest BCUT2D eigenvalue weighted by Crippen LogP contribution is -2.43. The van der Waals surface area contributed by atoms with Gasteiger partial charge in [-0.15, -0.1) is 0 Å². The van der Waals surface area contributed by atoms with Gasteiger partial charge in [-0.3, -0.25) is 14.4 Å². The minimum absolute atomic E-state index is 0.0724. The van der Waals surface area contributed by atoms with Crippen molar-refractivity contribution >= 4 is 17.8 Å². The topological polar surface area (TPSA) is 148 Å². The van der Waals surface area contributed by atoms with Crippen LogP contribution < -0.4 is 22.1 Å². The van der Waals surface area contributed by atoms with Crippen LogP contribution in [-0.4, -0.2) is 48.1 Å². The Kier molecular flexibility index (Phi) is 7.90. The molecule has 122 valence electrons. The number of primary amides is 1. The summed E-state index contributed by atoms with van der Waals surface area (Å²) in [6.07, 6.45) is 1.85. The molecule has 1 rings (SSSR count). The van der Waals surface area contributed by atoms with Crippen molar-refractivity contribution in [3.8, 4) is 0 Å². The SMILES string of the molecule is CC(C)(C)[C@H](N)C(=O)O.NC(=O)CNC(=O)[C@@H]1CCCN1. The van der Waals surface area contributed by atoms with Gasteiger partial charge in [-0.1, -0.05) is 20.8 Å². The van der Waals surface area contributed by atoms with Gasteiger partial charge in [-0.05, 0) is 24.8 Å². The zero-order chi connectivity index (χ0) is 16.6. The summed E-state index contributed by atoms with van der Waals surface area (Å²) >= 11 is 0. The first-order chi connectivity index (χ1) is 9.55. The van der Waals surface area contributed by atoms with Crippen molar-refractivity contribution in [2.45, 2.75) is 45.7 Å². The second-order valence-corrected chi connectivity index (χ2v) is 6.01.